The third kappa shape index (κ3) is 4.74. The number of nitrogens with zero attached hydrogens (tertiary/aromatic N) is 1. The predicted octanol–water partition coefficient (Wildman–Crippen LogP) is 3.20. The molecule has 2 rings (SSSR count). The molecule has 0 fully saturated rings. The Labute approximate surface area is 132 Å². The topological polar surface area (TPSA) is 44.4 Å². The molecule has 4 nitrogen and oxygen atoms in total. The second kappa shape index (κ2) is 8.39. The summed E-state index contributed by atoms with van der Waals surface area (Å²) in [6.07, 6.45) is 7.99. The Balaban J connectivity index is 1.94. The van der Waals surface area contributed by atoms with Crippen molar-refractivity contribution in [3.63, 3.8) is 0 Å². The Hall–Kier alpha value is -2.07. The van der Waals surface area contributed by atoms with Crippen LogP contribution in [0.2, 0.25) is 0 Å². The van der Waals surface area contributed by atoms with Gasteiger partial charge in [0.05, 0.1) is 6.54 Å². The molecule has 22 heavy (non-hydrogen) atoms. The first-order valence-corrected chi connectivity index (χ1v) is 7.99. The summed E-state index contributed by atoms with van der Waals surface area (Å²) in [4.78, 5) is 14.4. The van der Waals surface area contributed by atoms with Gasteiger partial charge in [0.2, 0.25) is 5.91 Å². The van der Waals surface area contributed by atoms with Crippen LogP contribution < -0.4 is 10.6 Å². The largest absolute Gasteiger partial charge is 0.341 e. The smallest absolute Gasteiger partial charge is 0.239 e. The lowest BCUT2D eigenvalue weighted by Crippen LogP contribution is -2.38. The maximum atomic E-state index is 12.2. The molecule has 0 bridgehead atoms. The van der Waals surface area contributed by atoms with Gasteiger partial charge in [-0.3, -0.25) is 9.69 Å². The van der Waals surface area contributed by atoms with E-state index in [1.807, 2.05) is 42.5 Å². The van der Waals surface area contributed by atoms with Gasteiger partial charge in [-0.2, -0.15) is 0 Å². The summed E-state index contributed by atoms with van der Waals surface area (Å²) in [5, 5.41) is 6.24. The number of amides is 1. The predicted molar refractivity (Wildman–Crippen MR) is 92.3 cm³/mol. The molecule has 0 radical (unpaired) electrons. The van der Waals surface area contributed by atoms with Crippen LogP contribution in [-0.2, 0) is 4.79 Å². The molecule has 0 atom stereocenters. The zero-order valence-electron chi connectivity index (χ0n) is 13.4. The van der Waals surface area contributed by atoms with Gasteiger partial charge >= 0.3 is 0 Å². The van der Waals surface area contributed by atoms with E-state index in [1.165, 1.54) is 0 Å². The number of carbonyl (C=O) groups excluding carboxylic acids is 1. The van der Waals surface area contributed by atoms with E-state index >= 15 is 0 Å². The van der Waals surface area contributed by atoms with E-state index in [1.54, 1.807) is 0 Å². The molecule has 0 saturated carbocycles. The van der Waals surface area contributed by atoms with E-state index in [0.717, 1.165) is 43.0 Å². The summed E-state index contributed by atoms with van der Waals surface area (Å²) in [5.41, 5.74) is 2.11. The molecule has 0 aromatic heterocycles. The summed E-state index contributed by atoms with van der Waals surface area (Å²) in [7, 11) is 0. The molecular weight excluding hydrogens is 274 g/mol. The monoisotopic (exact) mass is 299 g/mol. The van der Waals surface area contributed by atoms with E-state index in [9.17, 15) is 4.79 Å². The Bertz CT molecular complexity index is 557. The first-order valence-electron chi connectivity index (χ1n) is 7.99. The minimum absolute atomic E-state index is 0.0217. The highest BCUT2D eigenvalue weighted by Gasteiger charge is 2.12. The van der Waals surface area contributed by atoms with E-state index in [-0.39, 0.29) is 5.91 Å². The lowest BCUT2D eigenvalue weighted by atomic mass is 10.2. The lowest BCUT2D eigenvalue weighted by molar-refractivity contribution is -0.121. The number of para-hydroxylation sites is 1. The van der Waals surface area contributed by atoms with Crippen molar-refractivity contribution in [2.24, 2.45) is 0 Å². The van der Waals surface area contributed by atoms with Crippen molar-refractivity contribution in [1.82, 2.24) is 10.2 Å². The summed E-state index contributed by atoms with van der Waals surface area (Å²) < 4.78 is 0. The number of fused-ring (bicyclic) bond motifs is 1. The van der Waals surface area contributed by atoms with Gasteiger partial charge in [-0.25, -0.2) is 0 Å². The van der Waals surface area contributed by atoms with Crippen LogP contribution in [0, 0.1) is 0 Å². The summed E-state index contributed by atoms with van der Waals surface area (Å²) in [6, 6.07) is 8.03. The van der Waals surface area contributed by atoms with Crippen molar-refractivity contribution in [3.8, 4) is 0 Å². The molecule has 0 aliphatic carbocycles. The van der Waals surface area contributed by atoms with Crippen LogP contribution in [0.25, 0.3) is 6.08 Å². The van der Waals surface area contributed by atoms with Crippen molar-refractivity contribution in [2.75, 3.05) is 25.0 Å². The Morgan fingerprint density at radius 2 is 1.91 bits per heavy atom. The molecule has 1 aliphatic rings. The molecule has 1 amide bonds. The van der Waals surface area contributed by atoms with E-state index in [4.69, 9.17) is 0 Å². The van der Waals surface area contributed by atoms with Gasteiger partial charge in [-0.15, -0.1) is 0 Å². The van der Waals surface area contributed by atoms with Gasteiger partial charge in [0.1, 0.15) is 5.82 Å². The highest BCUT2D eigenvalue weighted by molar-refractivity contribution is 5.81. The molecule has 0 unspecified atom stereocenters. The number of anilines is 1. The fourth-order valence-electron chi connectivity index (χ4n) is 2.56. The maximum absolute atomic E-state index is 12.2. The van der Waals surface area contributed by atoms with Crippen LogP contribution in [0.4, 0.5) is 5.69 Å². The fourth-order valence-corrected chi connectivity index (χ4v) is 2.56. The molecule has 1 aromatic rings. The first-order chi connectivity index (χ1) is 10.7. The van der Waals surface area contributed by atoms with Crippen molar-refractivity contribution in [1.29, 1.82) is 0 Å². The Morgan fingerprint density at radius 1 is 1.18 bits per heavy atom. The van der Waals surface area contributed by atoms with Gasteiger partial charge in [-0.1, -0.05) is 44.2 Å². The number of nitrogens with one attached hydrogen (secondary N) is 2. The van der Waals surface area contributed by atoms with Crippen molar-refractivity contribution < 1.29 is 4.79 Å². The minimum Gasteiger partial charge on any atom is -0.341 e. The van der Waals surface area contributed by atoms with Crippen LogP contribution >= 0.6 is 0 Å². The quantitative estimate of drug-likeness (QED) is 0.812. The summed E-state index contributed by atoms with van der Waals surface area (Å²) in [5.74, 6) is 0.743. The molecular formula is C18H25N3O. The molecule has 4 heteroatoms. The van der Waals surface area contributed by atoms with Gasteiger partial charge < -0.3 is 10.6 Å². The standard InChI is InChI=1S/C18H25N3O/c1-3-12-21(13-4-2)14-18(22)20-17-11-7-9-15-8-5-6-10-16(15)19-17/h5-11,19H,3-4,12-14H2,1-2H3,(H,20,22). The fraction of sp³-hybridized carbons (Fsp3) is 0.389. The Kier molecular flexibility index (Phi) is 6.22. The van der Waals surface area contributed by atoms with Crippen LogP contribution in [0.3, 0.4) is 0 Å². The molecule has 1 aromatic carbocycles. The normalized spacial score (nSPS) is 13.1. The van der Waals surface area contributed by atoms with Gasteiger partial charge in [0.15, 0.2) is 0 Å². The van der Waals surface area contributed by atoms with E-state index in [2.05, 4.69) is 29.4 Å². The molecule has 0 spiro atoms. The Morgan fingerprint density at radius 3 is 2.64 bits per heavy atom. The lowest BCUT2D eigenvalue weighted by Gasteiger charge is -2.21. The number of rotatable bonds is 7. The zero-order valence-corrected chi connectivity index (χ0v) is 13.4. The van der Waals surface area contributed by atoms with Gasteiger partial charge in [0.25, 0.3) is 0 Å². The average Bonchev–Trinajstić information content (AvgIpc) is 2.69. The number of hydrogen-bond acceptors (Lipinski definition) is 3. The molecule has 118 valence electrons. The third-order valence-electron chi connectivity index (χ3n) is 3.49. The highest BCUT2D eigenvalue weighted by atomic mass is 16.2. The van der Waals surface area contributed by atoms with Crippen molar-refractivity contribution in [2.45, 2.75) is 26.7 Å². The number of allylic oxidation sites excluding steroid dienone is 2. The second-order valence-corrected chi connectivity index (χ2v) is 5.48. The van der Waals surface area contributed by atoms with E-state index < -0.39 is 0 Å². The molecule has 1 aliphatic heterocycles. The molecule has 1 heterocycles. The van der Waals surface area contributed by atoms with Gasteiger partial charge in [0, 0.05) is 5.69 Å². The zero-order chi connectivity index (χ0) is 15.8. The number of benzene rings is 1. The third-order valence-corrected chi connectivity index (χ3v) is 3.49. The van der Waals surface area contributed by atoms with Crippen LogP contribution in [0.15, 0.2) is 42.2 Å². The summed E-state index contributed by atoms with van der Waals surface area (Å²) >= 11 is 0. The van der Waals surface area contributed by atoms with Crippen LogP contribution in [0.5, 0.6) is 0 Å². The van der Waals surface area contributed by atoms with Crippen LogP contribution in [0.1, 0.15) is 32.3 Å². The van der Waals surface area contributed by atoms with Crippen molar-refractivity contribution >= 4 is 17.7 Å². The second-order valence-electron chi connectivity index (χ2n) is 5.48. The summed E-state index contributed by atoms with van der Waals surface area (Å²) in [6.45, 7) is 6.62. The van der Waals surface area contributed by atoms with Gasteiger partial charge in [-0.05, 0) is 43.6 Å². The minimum atomic E-state index is 0.0217. The van der Waals surface area contributed by atoms with E-state index in [0.29, 0.717) is 6.54 Å². The number of carbonyl (C=O) groups is 1. The molecule has 2 N–H and O–H groups in total. The van der Waals surface area contributed by atoms with Crippen LogP contribution in [-0.4, -0.2) is 30.4 Å². The average molecular weight is 299 g/mol. The maximum Gasteiger partial charge on any atom is 0.239 e. The SMILES string of the molecule is CCCN(CCC)CC(=O)NC1=CC=Cc2ccccc2N1. The number of hydrogen-bond donors (Lipinski definition) is 2. The first kappa shape index (κ1) is 16.3. The molecule has 0 saturated heterocycles. The van der Waals surface area contributed by atoms with Crippen molar-refractivity contribution in [3.05, 3.63) is 47.8 Å². The highest BCUT2D eigenvalue weighted by Crippen LogP contribution is 2.20.